The second-order valence-electron chi connectivity index (χ2n) is 4.36. The number of hydrogen-bond acceptors (Lipinski definition) is 3. The first-order valence-corrected chi connectivity index (χ1v) is 6.07. The number of nitrogen functional groups attached to an aromatic ring is 1. The predicted octanol–water partition coefficient (Wildman–Crippen LogP) is 2.26. The minimum atomic E-state index is 0.320. The summed E-state index contributed by atoms with van der Waals surface area (Å²) in [6.07, 6.45) is 1.67. The molecule has 4 heteroatoms. The maximum atomic E-state index is 5.48. The molecule has 0 unspecified atom stereocenters. The quantitative estimate of drug-likeness (QED) is 0.727. The maximum Gasteiger partial charge on any atom is 0.293 e. The number of benzene rings is 2. The van der Waals surface area contributed by atoms with Gasteiger partial charge in [0.15, 0.2) is 0 Å². The van der Waals surface area contributed by atoms with Gasteiger partial charge in [0.2, 0.25) is 11.8 Å². The number of hydrogen-bond donors (Lipinski definition) is 1. The molecule has 19 heavy (non-hydrogen) atoms. The maximum absolute atomic E-state index is 5.48. The summed E-state index contributed by atoms with van der Waals surface area (Å²) in [6.45, 7) is 0.649. The van der Waals surface area contributed by atoms with Gasteiger partial charge in [0.1, 0.15) is 0 Å². The Kier molecular flexibility index (Phi) is 2.98. The van der Waals surface area contributed by atoms with Gasteiger partial charge in [-0.15, -0.1) is 0 Å². The van der Waals surface area contributed by atoms with Gasteiger partial charge >= 0.3 is 0 Å². The van der Waals surface area contributed by atoms with E-state index in [-0.39, 0.29) is 0 Å². The first-order chi connectivity index (χ1) is 9.31. The van der Waals surface area contributed by atoms with Crippen molar-refractivity contribution in [2.75, 3.05) is 5.73 Å². The zero-order valence-corrected chi connectivity index (χ0v) is 10.4. The standard InChI is InChI=1S/C15H14N3O/c16-15-11-18(17-19-15)10-12-6-8-14(9-7-12)13-4-2-1-3-5-13/h1-9,11H,10,16H2/q+1. The average molecular weight is 252 g/mol. The fourth-order valence-corrected chi connectivity index (χ4v) is 1.99. The largest absolute Gasteiger partial charge is 0.362 e. The molecule has 3 aromatic rings. The van der Waals surface area contributed by atoms with Gasteiger partial charge in [-0.3, -0.25) is 4.52 Å². The molecule has 0 aliphatic heterocycles. The lowest BCUT2D eigenvalue weighted by molar-refractivity contribution is -0.754. The summed E-state index contributed by atoms with van der Waals surface area (Å²) in [6, 6.07) is 18.7. The van der Waals surface area contributed by atoms with Gasteiger partial charge in [-0.05, 0) is 15.8 Å². The van der Waals surface area contributed by atoms with Crippen LogP contribution in [0.2, 0.25) is 0 Å². The Morgan fingerprint density at radius 3 is 2.26 bits per heavy atom. The van der Waals surface area contributed by atoms with Crippen molar-refractivity contribution in [3.63, 3.8) is 0 Å². The summed E-state index contributed by atoms with van der Waals surface area (Å²) < 4.78 is 6.49. The molecule has 0 amide bonds. The van der Waals surface area contributed by atoms with Gasteiger partial charge in [-0.1, -0.05) is 54.6 Å². The van der Waals surface area contributed by atoms with E-state index in [4.69, 9.17) is 10.3 Å². The van der Waals surface area contributed by atoms with Crippen molar-refractivity contribution < 1.29 is 9.20 Å². The molecular formula is C15H14N3O+. The van der Waals surface area contributed by atoms with Gasteiger partial charge in [0.25, 0.3) is 12.1 Å². The molecule has 2 N–H and O–H groups in total. The lowest BCUT2D eigenvalue weighted by Crippen LogP contribution is -2.35. The minimum absolute atomic E-state index is 0.320. The number of aromatic nitrogens is 2. The van der Waals surface area contributed by atoms with Crippen molar-refractivity contribution in [3.05, 3.63) is 66.4 Å². The molecule has 94 valence electrons. The van der Waals surface area contributed by atoms with Crippen molar-refractivity contribution in [3.8, 4) is 11.1 Å². The highest BCUT2D eigenvalue weighted by molar-refractivity contribution is 5.63. The van der Waals surface area contributed by atoms with E-state index in [9.17, 15) is 0 Å². The topological polar surface area (TPSA) is 55.9 Å². The lowest BCUT2D eigenvalue weighted by Gasteiger charge is -2.01. The van der Waals surface area contributed by atoms with Gasteiger partial charge in [-0.2, -0.15) is 0 Å². The van der Waals surface area contributed by atoms with Crippen LogP contribution < -0.4 is 10.4 Å². The molecule has 0 atom stereocenters. The first kappa shape index (κ1) is 11.5. The molecular weight excluding hydrogens is 238 g/mol. The summed E-state index contributed by atoms with van der Waals surface area (Å²) in [5, 5.41) is 3.81. The second-order valence-corrected chi connectivity index (χ2v) is 4.36. The minimum Gasteiger partial charge on any atom is -0.362 e. The summed E-state index contributed by atoms with van der Waals surface area (Å²) in [7, 11) is 0. The Labute approximate surface area is 111 Å². The first-order valence-electron chi connectivity index (χ1n) is 6.07. The van der Waals surface area contributed by atoms with Crippen molar-refractivity contribution in [2.45, 2.75) is 6.54 Å². The molecule has 0 aliphatic carbocycles. The zero-order valence-electron chi connectivity index (χ0n) is 10.4. The van der Waals surface area contributed by atoms with E-state index < -0.39 is 0 Å². The monoisotopic (exact) mass is 252 g/mol. The Bertz CT molecular complexity index is 659. The van der Waals surface area contributed by atoms with Crippen LogP contribution in [0.5, 0.6) is 0 Å². The van der Waals surface area contributed by atoms with Crippen molar-refractivity contribution >= 4 is 5.88 Å². The Balaban J connectivity index is 1.79. The smallest absolute Gasteiger partial charge is 0.293 e. The number of rotatable bonds is 3. The Morgan fingerprint density at radius 2 is 1.63 bits per heavy atom. The third kappa shape index (κ3) is 2.63. The third-order valence-electron chi connectivity index (χ3n) is 2.93. The van der Waals surface area contributed by atoms with Crippen LogP contribution in [-0.4, -0.2) is 5.27 Å². The van der Waals surface area contributed by atoms with E-state index >= 15 is 0 Å². The zero-order chi connectivity index (χ0) is 13.1. The summed E-state index contributed by atoms with van der Waals surface area (Å²) in [4.78, 5) is 0. The fourth-order valence-electron chi connectivity index (χ4n) is 1.99. The van der Waals surface area contributed by atoms with Crippen molar-refractivity contribution in [2.24, 2.45) is 0 Å². The highest BCUT2D eigenvalue weighted by atomic mass is 16.5. The molecule has 0 saturated carbocycles. The summed E-state index contributed by atoms with van der Waals surface area (Å²) in [5.41, 5.74) is 9.05. The van der Waals surface area contributed by atoms with Crippen LogP contribution in [0.15, 0.2) is 65.3 Å². The number of nitrogens with two attached hydrogens (primary N) is 1. The predicted molar refractivity (Wildman–Crippen MR) is 72.1 cm³/mol. The van der Waals surface area contributed by atoms with Crippen molar-refractivity contribution in [1.82, 2.24) is 5.27 Å². The highest BCUT2D eigenvalue weighted by Gasteiger charge is 2.09. The van der Waals surface area contributed by atoms with Gasteiger partial charge in [0.05, 0.1) is 0 Å². The molecule has 1 heterocycles. The van der Waals surface area contributed by atoms with E-state index in [0.29, 0.717) is 12.4 Å². The summed E-state index contributed by atoms with van der Waals surface area (Å²) >= 11 is 0. The second kappa shape index (κ2) is 4.94. The SMILES string of the molecule is Nc1c[n+](Cc2ccc(-c3ccccc3)cc2)no1. The van der Waals surface area contributed by atoms with Crippen LogP contribution in [0.25, 0.3) is 11.1 Å². The van der Waals surface area contributed by atoms with Crippen LogP contribution in [-0.2, 0) is 6.54 Å². The Hall–Kier alpha value is -2.62. The molecule has 0 spiro atoms. The van der Waals surface area contributed by atoms with E-state index in [1.54, 1.807) is 10.9 Å². The molecule has 2 aromatic carbocycles. The molecule has 0 fully saturated rings. The average Bonchev–Trinajstić information content (AvgIpc) is 2.86. The molecule has 3 rings (SSSR count). The van der Waals surface area contributed by atoms with Crippen LogP contribution in [0.3, 0.4) is 0 Å². The molecule has 0 saturated heterocycles. The van der Waals surface area contributed by atoms with Gasteiger partial charge in [-0.25, -0.2) is 0 Å². The molecule has 4 nitrogen and oxygen atoms in total. The van der Waals surface area contributed by atoms with Crippen LogP contribution >= 0.6 is 0 Å². The van der Waals surface area contributed by atoms with E-state index in [1.807, 2.05) is 18.2 Å². The van der Waals surface area contributed by atoms with Gasteiger partial charge in [0, 0.05) is 5.56 Å². The molecule has 0 radical (unpaired) electrons. The van der Waals surface area contributed by atoms with Crippen LogP contribution in [0.1, 0.15) is 5.56 Å². The third-order valence-corrected chi connectivity index (χ3v) is 2.93. The fraction of sp³-hybridized carbons (Fsp3) is 0.0667. The van der Waals surface area contributed by atoms with Crippen molar-refractivity contribution in [1.29, 1.82) is 0 Å². The van der Waals surface area contributed by atoms with Crippen LogP contribution in [0, 0.1) is 0 Å². The number of nitrogens with zero attached hydrogens (tertiary/aromatic N) is 2. The highest BCUT2D eigenvalue weighted by Crippen LogP contribution is 2.19. The van der Waals surface area contributed by atoms with E-state index in [0.717, 1.165) is 5.56 Å². The lowest BCUT2D eigenvalue weighted by atomic mass is 10.0. The summed E-state index contributed by atoms with van der Waals surface area (Å²) in [5.74, 6) is 0.320. The normalized spacial score (nSPS) is 10.5. The van der Waals surface area contributed by atoms with Gasteiger partial charge < -0.3 is 5.73 Å². The molecule has 0 aliphatic rings. The molecule has 0 bridgehead atoms. The number of anilines is 1. The van der Waals surface area contributed by atoms with E-state index in [1.165, 1.54) is 11.1 Å². The van der Waals surface area contributed by atoms with E-state index in [2.05, 4.69) is 41.7 Å². The molecule has 1 aromatic heterocycles. The van der Waals surface area contributed by atoms with Crippen LogP contribution in [0.4, 0.5) is 5.88 Å². The Morgan fingerprint density at radius 1 is 0.947 bits per heavy atom.